The Balaban J connectivity index is 1.65. The predicted octanol–water partition coefficient (Wildman–Crippen LogP) is 2.38. The molecule has 0 aliphatic carbocycles. The molecule has 0 spiro atoms. The number of carbonyl (C=O) groups is 2. The normalized spacial score (nSPS) is 15.3. The lowest BCUT2D eigenvalue weighted by atomic mass is 10.1. The van der Waals surface area contributed by atoms with Crippen LogP contribution in [0.5, 0.6) is 0 Å². The number of carbonyl (C=O) groups excluding carboxylic acids is 1. The van der Waals surface area contributed by atoms with Gasteiger partial charge in [-0.15, -0.1) is 0 Å². The molecule has 1 amide bonds. The number of aromatic nitrogens is 2. The molecule has 2 aromatic rings. The summed E-state index contributed by atoms with van der Waals surface area (Å²) in [7, 11) is 1.59. The summed E-state index contributed by atoms with van der Waals surface area (Å²) in [6.45, 7) is 2.89. The average molecular weight is 397 g/mol. The van der Waals surface area contributed by atoms with Crippen molar-refractivity contribution in [3.05, 3.63) is 51.3 Å². The largest absolute Gasteiger partial charge is 0.476 e. The molecule has 1 aromatic heterocycles. The first-order chi connectivity index (χ1) is 12.4. The lowest BCUT2D eigenvalue weighted by molar-refractivity contribution is 0.0608. The molecular formula is C17H18Cl2N4O3. The highest BCUT2D eigenvalue weighted by atomic mass is 35.5. The van der Waals surface area contributed by atoms with Gasteiger partial charge < -0.3 is 10.0 Å². The molecule has 0 unspecified atom stereocenters. The number of hydrogen-bond donors (Lipinski definition) is 1. The first-order valence-corrected chi connectivity index (χ1v) is 8.84. The molecule has 1 N–H and O–H groups in total. The molecule has 9 heteroatoms. The minimum absolute atomic E-state index is 0.114. The SMILES string of the molecule is Cn1cc(C(=O)N2CCN(Cc3c(Cl)cccc3Cl)CC2)c(C(=O)O)n1. The number of benzene rings is 1. The number of nitrogens with zero attached hydrogens (tertiary/aromatic N) is 4. The van der Waals surface area contributed by atoms with E-state index in [1.54, 1.807) is 30.1 Å². The van der Waals surface area contributed by atoms with E-state index in [-0.39, 0.29) is 17.2 Å². The van der Waals surface area contributed by atoms with Crippen LogP contribution in [0.1, 0.15) is 26.4 Å². The fourth-order valence-electron chi connectivity index (χ4n) is 2.99. The van der Waals surface area contributed by atoms with Crippen molar-refractivity contribution in [1.82, 2.24) is 19.6 Å². The van der Waals surface area contributed by atoms with Crippen molar-refractivity contribution < 1.29 is 14.7 Å². The second-order valence-electron chi connectivity index (χ2n) is 6.14. The number of aryl methyl sites for hydroxylation is 1. The maximum absolute atomic E-state index is 12.7. The van der Waals surface area contributed by atoms with Gasteiger partial charge in [-0.25, -0.2) is 4.79 Å². The van der Waals surface area contributed by atoms with Gasteiger partial charge in [-0.1, -0.05) is 29.3 Å². The molecule has 0 atom stereocenters. The molecule has 26 heavy (non-hydrogen) atoms. The highest BCUT2D eigenvalue weighted by Crippen LogP contribution is 2.26. The Hall–Kier alpha value is -2.09. The minimum atomic E-state index is -1.21. The summed E-state index contributed by atoms with van der Waals surface area (Å²) < 4.78 is 1.34. The molecule has 0 radical (unpaired) electrons. The molecule has 3 rings (SSSR count). The zero-order valence-electron chi connectivity index (χ0n) is 14.2. The summed E-state index contributed by atoms with van der Waals surface area (Å²) in [6, 6.07) is 5.41. The molecule has 0 saturated carbocycles. The monoisotopic (exact) mass is 396 g/mol. The highest BCUT2D eigenvalue weighted by molar-refractivity contribution is 6.35. The van der Waals surface area contributed by atoms with Crippen LogP contribution < -0.4 is 0 Å². The topological polar surface area (TPSA) is 78.7 Å². The maximum Gasteiger partial charge on any atom is 0.357 e. The Morgan fingerprint density at radius 3 is 2.35 bits per heavy atom. The van der Waals surface area contributed by atoms with Gasteiger partial charge in [0.1, 0.15) is 0 Å². The van der Waals surface area contributed by atoms with E-state index >= 15 is 0 Å². The number of piperazine rings is 1. The standard InChI is InChI=1S/C17H18Cl2N4O3/c1-21-9-12(15(20-21)17(25)26)16(24)23-7-5-22(6-8-23)10-11-13(18)3-2-4-14(11)19/h2-4,9H,5-8,10H2,1H3,(H,25,26). The van der Waals surface area contributed by atoms with Crippen LogP contribution in [0.2, 0.25) is 10.0 Å². The van der Waals surface area contributed by atoms with Crippen LogP contribution in [0.25, 0.3) is 0 Å². The summed E-state index contributed by atoms with van der Waals surface area (Å²) >= 11 is 12.4. The number of carboxylic acid groups (broad SMARTS) is 1. The molecule has 2 heterocycles. The van der Waals surface area contributed by atoms with E-state index in [1.165, 1.54) is 10.9 Å². The zero-order valence-corrected chi connectivity index (χ0v) is 15.7. The van der Waals surface area contributed by atoms with Crippen molar-refractivity contribution in [3.8, 4) is 0 Å². The van der Waals surface area contributed by atoms with Crippen LogP contribution in [-0.2, 0) is 13.6 Å². The maximum atomic E-state index is 12.7. The molecule has 0 bridgehead atoms. The zero-order chi connectivity index (χ0) is 18.8. The summed E-state index contributed by atoms with van der Waals surface area (Å²) in [5.41, 5.74) is 0.765. The van der Waals surface area contributed by atoms with E-state index in [2.05, 4.69) is 10.00 Å². The Morgan fingerprint density at radius 2 is 1.77 bits per heavy atom. The smallest absolute Gasteiger partial charge is 0.357 e. The summed E-state index contributed by atoms with van der Waals surface area (Å²) in [5, 5.41) is 14.3. The minimum Gasteiger partial charge on any atom is -0.476 e. The van der Waals surface area contributed by atoms with Crippen molar-refractivity contribution in [2.45, 2.75) is 6.54 Å². The molecule has 7 nitrogen and oxygen atoms in total. The molecule has 1 saturated heterocycles. The number of amides is 1. The number of halogens is 2. The van der Waals surface area contributed by atoms with Crippen LogP contribution in [0.4, 0.5) is 0 Å². The fourth-order valence-corrected chi connectivity index (χ4v) is 3.51. The Labute approximate surface area is 160 Å². The third kappa shape index (κ3) is 3.85. The highest BCUT2D eigenvalue weighted by Gasteiger charge is 2.28. The van der Waals surface area contributed by atoms with Gasteiger partial charge in [-0.3, -0.25) is 14.4 Å². The van der Waals surface area contributed by atoms with Crippen molar-refractivity contribution in [1.29, 1.82) is 0 Å². The van der Waals surface area contributed by atoms with Crippen LogP contribution in [0, 0.1) is 0 Å². The van der Waals surface area contributed by atoms with E-state index in [4.69, 9.17) is 23.2 Å². The first-order valence-electron chi connectivity index (χ1n) is 8.08. The summed E-state index contributed by atoms with van der Waals surface area (Å²) in [5.74, 6) is -1.52. The quantitative estimate of drug-likeness (QED) is 0.857. The number of carboxylic acids is 1. The van der Waals surface area contributed by atoms with E-state index in [0.717, 1.165) is 5.56 Å². The third-order valence-corrected chi connectivity index (χ3v) is 5.07. The van der Waals surface area contributed by atoms with Gasteiger partial charge in [0, 0.05) is 61.6 Å². The van der Waals surface area contributed by atoms with Crippen LogP contribution >= 0.6 is 23.2 Å². The Kier molecular flexibility index (Phi) is 5.50. The van der Waals surface area contributed by atoms with Crippen LogP contribution in [0.3, 0.4) is 0 Å². The predicted molar refractivity (Wildman–Crippen MR) is 97.8 cm³/mol. The Morgan fingerprint density at radius 1 is 1.15 bits per heavy atom. The summed E-state index contributed by atoms with van der Waals surface area (Å²) in [6.07, 6.45) is 1.45. The van der Waals surface area contributed by atoms with Crippen LogP contribution in [-0.4, -0.2) is 62.7 Å². The average Bonchev–Trinajstić information content (AvgIpc) is 3.00. The third-order valence-electron chi connectivity index (χ3n) is 4.36. The van der Waals surface area contributed by atoms with E-state index in [9.17, 15) is 14.7 Å². The van der Waals surface area contributed by atoms with Gasteiger partial charge in [0.15, 0.2) is 5.69 Å². The molecule has 1 aliphatic rings. The molecule has 1 aromatic carbocycles. The van der Waals surface area contributed by atoms with Gasteiger partial charge >= 0.3 is 5.97 Å². The van der Waals surface area contributed by atoms with Crippen molar-refractivity contribution >= 4 is 35.1 Å². The van der Waals surface area contributed by atoms with Gasteiger partial charge in [-0.05, 0) is 12.1 Å². The lowest BCUT2D eigenvalue weighted by Gasteiger charge is -2.35. The fraction of sp³-hybridized carbons (Fsp3) is 0.353. The van der Waals surface area contributed by atoms with E-state index in [0.29, 0.717) is 42.8 Å². The molecule has 138 valence electrons. The van der Waals surface area contributed by atoms with E-state index in [1.807, 2.05) is 0 Å². The van der Waals surface area contributed by atoms with Crippen molar-refractivity contribution in [2.75, 3.05) is 26.2 Å². The molecule has 1 aliphatic heterocycles. The first kappa shape index (κ1) is 18.7. The van der Waals surface area contributed by atoms with Crippen LogP contribution in [0.15, 0.2) is 24.4 Å². The van der Waals surface area contributed by atoms with Gasteiger partial charge in [0.2, 0.25) is 0 Å². The van der Waals surface area contributed by atoms with Gasteiger partial charge in [-0.2, -0.15) is 5.10 Å². The van der Waals surface area contributed by atoms with Crippen molar-refractivity contribution in [2.24, 2.45) is 7.05 Å². The van der Waals surface area contributed by atoms with E-state index < -0.39 is 5.97 Å². The second kappa shape index (κ2) is 7.65. The Bertz CT molecular complexity index is 824. The number of hydrogen-bond acceptors (Lipinski definition) is 4. The second-order valence-corrected chi connectivity index (χ2v) is 6.95. The molecular weight excluding hydrogens is 379 g/mol. The molecule has 1 fully saturated rings. The number of rotatable bonds is 4. The number of aromatic carboxylic acids is 1. The lowest BCUT2D eigenvalue weighted by Crippen LogP contribution is -2.48. The van der Waals surface area contributed by atoms with Gasteiger partial charge in [0.25, 0.3) is 5.91 Å². The van der Waals surface area contributed by atoms with Gasteiger partial charge in [0.05, 0.1) is 5.56 Å². The van der Waals surface area contributed by atoms with Crippen molar-refractivity contribution in [3.63, 3.8) is 0 Å². The summed E-state index contributed by atoms with van der Waals surface area (Å²) in [4.78, 5) is 27.7.